The van der Waals surface area contributed by atoms with Gasteiger partial charge in [-0.3, -0.25) is 4.98 Å². The molecule has 0 amide bonds. The van der Waals surface area contributed by atoms with Gasteiger partial charge in [0, 0.05) is 23.2 Å². The first-order valence-corrected chi connectivity index (χ1v) is 3.88. The highest BCUT2D eigenvalue weighted by atomic mass is 35.5. The number of pyridine rings is 1. The van der Waals surface area contributed by atoms with E-state index in [-0.39, 0.29) is 5.75 Å². The highest BCUT2D eigenvalue weighted by Gasteiger charge is 2.01. The Bertz CT molecular complexity index is 387. The average molecular weight is 180 g/mol. The second-order valence-electron chi connectivity index (χ2n) is 2.49. The van der Waals surface area contributed by atoms with Gasteiger partial charge in [-0.2, -0.15) is 0 Å². The van der Waals surface area contributed by atoms with E-state index in [1.807, 2.05) is 6.07 Å². The van der Waals surface area contributed by atoms with Crippen molar-refractivity contribution in [3.05, 3.63) is 35.6 Å². The predicted molar refractivity (Wildman–Crippen MR) is 48.4 cm³/mol. The molecule has 0 saturated heterocycles. The van der Waals surface area contributed by atoms with Gasteiger partial charge in [-0.1, -0.05) is 23.7 Å². The summed E-state index contributed by atoms with van der Waals surface area (Å²) in [6, 6.07) is 5.21. The topological polar surface area (TPSA) is 33.1 Å². The molecule has 1 heterocycles. The first kappa shape index (κ1) is 7.37. The Hall–Kier alpha value is -1.28. The summed E-state index contributed by atoms with van der Waals surface area (Å²) >= 11 is 5.86. The zero-order chi connectivity index (χ0) is 8.55. The van der Waals surface area contributed by atoms with Crippen LogP contribution in [0.3, 0.4) is 0 Å². The minimum absolute atomic E-state index is 0.211. The zero-order valence-electron chi connectivity index (χ0n) is 6.16. The summed E-state index contributed by atoms with van der Waals surface area (Å²) < 4.78 is 0. The van der Waals surface area contributed by atoms with Crippen molar-refractivity contribution in [2.24, 2.45) is 0 Å². The van der Waals surface area contributed by atoms with Crippen LogP contribution in [0.15, 0.2) is 30.6 Å². The van der Waals surface area contributed by atoms with E-state index in [1.165, 1.54) is 0 Å². The number of fused-ring (bicyclic) bond motifs is 1. The largest absolute Gasteiger partial charge is 0.507 e. The molecular weight excluding hydrogens is 174 g/mol. The third-order valence-corrected chi connectivity index (χ3v) is 2.03. The maximum atomic E-state index is 9.40. The van der Waals surface area contributed by atoms with Crippen molar-refractivity contribution in [3.8, 4) is 5.75 Å². The molecule has 60 valence electrons. The van der Waals surface area contributed by atoms with Gasteiger partial charge < -0.3 is 5.11 Å². The molecule has 1 N–H and O–H groups in total. The molecule has 0 aliphatic rings. The van der Waals surface area contributed by atoms with Gasteiger partial charge >= 0.3 is 0 Å². The van der Waals surface area contributed by atoms with Crippen molar-refractivity contribution in [2.45, 2.75) is 0 Å². The van der Waals surface area contributed by atoms with Crippen LogP contribution in [0.4, 0.5) is 0 Å². The lowest BCUT2D eigenvalue weighted by Crippen LogP contribution is -1.77. The summed E-state index contributed by atoms with van der Waals surface area (Å²) in [6.07, 6.45) is 3.15. The average Bonchev–Trinajstić information content (AvgIpc) is 2.07. The van der Waals surface area contributed by atoms with Gasteiger partial charge in [-0.15, -0.1) is 0 Å². The van der Waals surface area contributed by atoms with Crippen LogP contribution in [0.25, 0.3) is 10.8 Å². The molecule has 0 saturated carbocycles. The Morgan fingerprint density at radius 3 is 2.75 bits per heavy atom. The van der Waals surface area contributed by atoms with Gasteiger partial charge in [0.2, 0.25) is 0 Å². The molecule has 2 aromatic rings. The van der Waals surface area contributed by atoms with E-state index < -0.39 is 0 Å². The van der Waals surface area contributed by atoms with Crippen LogP contribution >= 0.6 is 11.6 Å². The quantitative estimate of drug-likeness (QED) is 0.675. The summed E-state index contributed by atoms with van der Waals surface area (Å²) in [6.45, 7) is 0. The molecule has 2 rings (SSSR count). The summed E-state index contributed by atoms with van der Waals surface area (Å²) in [5, 5.41) is 11.5. The molecule has 1 aromatic carbocycles. The smallest absolute Gasteiger partial charge is 0.125 e. The van der Waals surface area contributed by atoms with Crippen molar-refractivity contribution in [3.63, 3.8) is 0 Å². The van der Waals surface area contributed by atoms with E-state index in [1.54, 1.807) is 24.5 Å². The van der Waals surface area contributed by atoms with Crippen molar-refractivity contribution in [2.75, 3.05) is 0 Å². The molecular formula is C9H6ClNO. The van der Waals surface area contributed by atoms with Crippen LogP contribution in [-0.2, 0) is 0 Å². The van der Waals surface area contributed by atoms with E-state index in [4.69, 9.17) is 11.6 Å². The minimum Gasteiger partial charge on any atom is -0.507 e. The lowest BCUT2D eigenvalue weighted by molar-refractivity contribution is 0.481. The number of aromatic nitrogens is 1. The fraction of sp³-hybridized carbons (Fsp3) is 0. The van der Waals surface area contributed by atoms with Crippen molar-refractivity contribution in [1.82, 2.24) is 4.98 Å². The van der Waals surface area contributed by atoms with E-state index in [9.17, 15) is 5.11 Å². The maximum Gasteiger partial charge on any atom is 0.125 e. The Kier molecular flexibility index (Phi) is 1.62. The highest BCUT2D eigenvalue weighted by Crippen LogP contribution is 2.27. The van der Waals surface area contributed by atoms with E-state index in [0.717, 1.165) is 5.39 Å². The minimum atomic E-state index is 0.211. The molecule has 0 spiro atoms. The number of aromatic hydroxyl groups is 1. The van der Waals surface area contributed by atoms with Gasteiger partial charge in [0.05, 0.1) is 5.02 Å². The fourth-order valence-electron chi connectivity index (χ4n) is 1.14. The maximum absolute atomic E-state index is 9.40. The first-order valence-electron chi connectivity index (χ1n) is 3.50. The third-order valence-electron chi connectivity index (χ3n) is 1.73. The van der Waals surface area contributed by atoms with Gasteiger partial charge in [-0.25, -0.2) is 0 Å². The lowest BCUT2D eigenvalue weighted by Gasteiger charge is -2.00. The number of benzene rings is 1. The third kappa shape index (κ3) is 1.01. The van der Waals surface area contributed by atoms with Gasteiger partial charge in [0.25, 0.3) is 0 Å². The van der Waals surface area contributed by atoms with E-state index >= 15 is 0 Å². The first-order chi connectivity index (χ1) is 5.79. The second-order valence-corrected chi connectivity index (χ2v) is 2.90. The van der Waals surface area contributed by atoms with Crippen LogP contribution in [0.5, 0.6) is 5.75 Å². The normalized spacial score (nSPS) is 10.4. The summed E-state index contributed by atoms with van der Waals surface area (Å²) in [4.78, 5) is 3.88. The summed E-state index contributed by atoms with van der Waals surface area (Å²) in [5.74, 6) is 0.211. The van der Waals surface area contributed by atoms with Crippen molar-refractivity contribution in [1.29, 1.82) is 0 Å². The number of rotatable bonds is 0. The highest BCUT2D eigenvalue weighted by molar-refractivity contribution is 6.35. The van der Waals surface area contributed by atoms with Gasteiger partial charge in [-0.05, 0) is 6.07 Å². The number of phenolic OH excluding ortho intramolecular Hbond substituents is 1. The molecule has 12 heavy (non-hydrogen) atoms. The fourth-order valence-corrected chi connectivity index (χ4v) is 1.36. The molecule has 0 aliphatic carbocycles. The molecule has 0 aliphatic heterocycles. The Labute approximate surface area is 74.4 Å². The van der Waals surface area contributed by atoms with Gasteiger partial charge in [0.1, 0.15) is 5.75 Å². The standard InChI is InChI=1S/C9H6ClNO/c10-8-5-11-4-7-6(8)2-1-3-9(7)12/h1-5,12H. The molecule has 0 fully saturated rings. The molecule has 0 bridgehead atoms. The molecule has 0 atom stereocenters. The molecule has 0 unspecified atom stereocenters. The van der Waals surface area contributed by atoms with Gasteiger partial charge in [0.15, 0.2) is 0 Å². The predicted octanol–water partition coefficient (Wildman–Crippen LogP) is 2.59. The Balaban J connectivity index is 2.94. The molecule has 3 heteroatoms. The monoisotopic (exact) mass is 179 g/mol. The Morgan fingerprint density at radius 2 is 2.00 bits per heavy atom. The number of phenols is 1. The second kappa shape index (κ2) is 2.64. The van der Waals surface area contributed by atoms with Crippen LogP contribution in [0, 0.1) is 0 Å². The Morgan fingerprint density at radius 1 is 1.17 bits per heavy atom. The van der Waals surface area contributed by atoms with Crippen LogP contribution in [0.1, 0.15) is 0 Å². The molecule has 1 aromatic heterocycles. The van der Waals surface area contributed by atoms with Crippen molar-refractivity contribution < 1.29 is 5.11 Å². The number of hydrogen-bond donors (Lipinski definition) is 1. The number of hydrogen-bond acceptors (Lipinski definition) is 2. The number of halogens is 1. The van der Waals surface area contributed by atoms with E-state index in [2.05, 4.69) is 4.98 Å². The van der Waals surface area contributed by atoms with E-state index in [0.29, 0.717) is 10.4 Å². The molecule has 0 radical (unpaired) electrons. The zero-order valence-corrected chi connectivity index (χ0v) is 6.92. The lowest BCUT2D eigenvalue weighted by atomic mass is 10.2. The SMILES string of the molecule is Oc1cccc2c(Cl)cncc12. The summed E-state index contributed by atoms with van der Waals surface area (Å²) in [7, 11) is 0. The molecule has 2 nitrogen and oxygen atoms in total. The summed E-state index contributed by atoms with van der Waals surface area (Å²) in [5.41, 5.74) is 0. The van der Waals surface area contributed by atoms with Crippen LogP contribution in [-0.4, -0.2) is 10.1 Å². The van der Waals surface area contributed by atoms with Crippen LogP contribution in [0.2, 0.25) is 5.02 Å². The number of nitrogens with zero attached hydrogens (tertiary/aromatic N) is 1. The van der Waals surface area contributed by atoms with Crippen LogP contribution < -0.4 is 0 Å². The van der Waals surface area contributed by atoms with Crippen molar-refractivity contribution >= 4 is 22.4 Å².